The van der Waals surface area contributed by atoms with Crippen LogP contribution in [0.2, 0.25) is 0 Å². The van der Waals surface area contributed by atoms with E-state index in [9.17, 15) is 4.79 Å². The third-order valence-electron chi connectivity index (χ3n) is 6.80. The highest BCUT2D eigenvalue weighted by molar-refractivity contribution is 5.74. The number of nitrogens with zero attached hydrogens (tertiary/aromatic N) is 2. The number of pyridine rings is 1. The number of nitriles is 1. The second kappa shape index (κ2) is 9.84. The fourth-order valence-electron chi connectivity index (χ4n) is 4.93. The van der Waals surface area contributed by atoms with Crippen molar-refractivity contribution in [1.29, 1.82) is 5.26 Å². The van der Waals surface area contributed by atoms with Crippen molar-refractivity contribution in [3.05, 3.63) is 105 Å². The van der Waals surface area contributed by atoms with Gasteiger partial charge in [0.05, 0.1) is 30.5 Å². The molecule has 3 aromatic carbocycles. The van der Waals surface area contributed by atoms with Gasteiger partial charge in [-0.2, -0.15) is 5.26 Å². The monoisotopic (exact) mass is 490 g/mol. The molecule has 0 spiro atoms. The van der Waals surface area contributed by atoms with Crippen LogP contribution in [0.3, 0.4) is 0 Å². The van der Waals surface area contributed by atoms with Gasteiger partial charge in [0.1, 0.15) is 11.5 Å². The summed E-state index contributed by atoms with van der Waals surface area (Å²) in [5.41, 5.74) is 7.24. The Morgan fingerprint density at radius 3 is 2.70 bits per heavy atom. The number of hydrogen-bond acceptors (Lipinski definition) is 6. The number of aromatic amines is 1. The molecule has 0 radical (unpaired) electrons. The first kappa shape index (κ1) is 22.9. The summed E-state index contributed by atoms with van der Waals surface area (Å²) < 4.78 is 11.9. The number of rotatable bonds is 5. The lowest BCUT2D eigenvalue weighted by Gasteiger charge is -2.29. The number of morpholine rings is 1. The normalized spacial score (nSPS) is 14.2. The SMILES string of the molecule is N#Cc1cccc(CNc2ccc3c(c2)Cc2cccc(-c4cc(N5CCOCC5)cc(=O)[nH]4)c2O3)c1. The van der Waals surface area contributed by atoms with Crippen molar-refractivity contribution in [2.75, 3.05) is 36.5 Å². The van der Waals surface area contributed by atoms with Gasteiger partial charge in [-0.3, -0.25) is 4.79 Å². The number of aromatic nitrogens is 1. The van der Waals surface area contributed by atoms with E-state index in [0.717, 1.165) is 70.3 Å². The van der Waals surface area contributed by atoms with Gasteiger partial charge < -0.3 is 24.7 Å². The summed E-state index contributed by atoms with van der Waals surface area (Å²) in [6.45, 7) is 3.47. The fourth-order valence-corrected chi connectivity index (χ4v) is 4.93. The van der Waals surface area contributed by atoms with Gasteiger partial charge in [0.25, 0.3) is 0 Å². The predicted molar refractivity (Wildman–Crippen MR) is 143 cm³/mol. The van der Waals surface area contributed by atoms with Crippen molar-refractivity contribution >= 4 is 11.4 Å². The molecule has 37 heavy (non-hydrogen) atoms. The smallest absolute Gasteiger partial charge is 0.250 e. The number of hydrogen-bond donors (Lipinski definition) is 2. The van der Waals surface area contributed by atoms with Crippen LogP contribution in [0.15, 0.2) is 77.6 Å². The fraction of sp³-hybridized carbons (Fsp3) is 0.200. The Hall–Kier alpha value is -4.54. The third kappa shape index (κ3) is 4.80. The second-order valence-corrected chi connectivity index (χ2v) is 9.28. The number of anilines is 2. The maximum atomic E-state index is 12.6. The number of benzene rings is 3. The van der Waals surface area contributed by atoms with Gasteiger partial charge in [0.2, 0.25) is 5.56 Å². The molecule has 2 aliphatic heterocycles. The van der Waals surface area contributed by atoms with Gasteiger partial charge in [-0.05, 0) is 53.6 Å². The van der Waals surface area contributed by atoms with Gasteiger partial charge >= 0.3 is 0 Å². The van der Waals surface area contributed by atoms with E-state index in [1.807, 2.05) is 48.5 Å². The molecule has 0 amide bonds. The molecule has 6 rings (SSSR count). The number of ether oxygens (including phenoxy) is 2. The maximum Gasteiger partial charge on any atom is 0.250 e. The van der Waals surface area contributed by atoms with Crippen molar-refractivity contribution in [2.24, 2.45) is 0 Å². The van der Waals surface area contributed by atoms with E-state index in [1.54, 1.807) is 12.1 Å². The molecule has 0 unspecified atom stereocenters. The second-order valence-electron chi connectivity index (χ2n) is 9.28. The van der Waals surface area contributed by atoms with Gasteiger partial charge in [0, 0.05) is 54.6 Å². The minimum atomic E-state index is -0.135. The summed E-state index contributed by atoms with van der Waals surface area (Å²) in [5.74, 6) is 1.59. The molecule has 0 saturated carbocycles. The Morgan fingerprint density at radius 1 is 0.973 bits per heavy atom. The zero-order valence-electron chi connectivity index (χ0n) is 20.3. The molecule has 4 aromatic rings. The first-order valence-corrected chi connectivity index (χ1v) is 12.4. The molecule has 7 nitrogen and oxygen atoms in total. The van der Waals surface area contributed by atoms with Crippen LogP contribution in [0.25, 0.3) is 11.3 Å². The lowest BCUT2D eigenvalue weighted by molar-refractivity contribution is 0.122. The maximum absolute atomic E-state index is 12.6. The zero-order chi connectivity index (χ0) is 25.2. The standard InChI is InChI=1S/C30H26N4O3/c31-18-20-3-1-4-21(13-20)19-32-24-7-8-28-23(15-24)14-22-5-2-6-26(30(22)37-28)27-16-25(17-29(35)33-27)34-9-11-36-12-10-34/h1-8,13,15-17,32H,9-12,14,19H2,(H,33,35). The highest BCUT2D eigenvalue weighted by Crippen LogP contribution is 2.43. The summed E-state index contributed by atoms with van der Waals surface area (Å²) in [6, 6.07) is 25.6. The topological polar surface area (TPSA) is 90.4 Å². The van der Waals surface area contributed by atoms with Crippen LogP contribution in [0, 0.1) is 11.3 Å². The minimum Gasteiger partial charge on any atom is -0.456 e. The van der Waals surface area contributed by atoms with Crippen molar-refractivity contribution in [3.63, 3.8) is 0 Å². The predicted octanol–water partition coefficient (Wildman–Crippen LogP) is 5.06. The van der Waals surface area contributed by atoms with E-state index >= 15 is 0 Å². The molecule has 2 N–H and O–H groups in total. The summed E-state index contributed by atoms with van der Waals surface area (Å²) in [4.78, 5) is 17.7. The summed E-state index contributed by atoms with van der Waals surface area (Å²) >= 11 is 0. The molecule has 1 aromatic heterocycles. The summed E-state index contributed by atoms with van der Waals surface area (Å²) in [7, 11) is 0. The molecule has 7 heteroatoms. The number of nitrogens with one attached hydrogen (secondary N) is 2. The van der Waals surface area contributed by atoms with Crippen molar-refractivity contribution < 1.29 is 9.47 Å². The molecule has 0 bridgehead atoms. The molecular weight excluding hydrogens is 464 g/mol. The largest absolute Gasteiger partial charge is 0.456 e. The Labute approximate surface area is 214 Å². The van der Waals surface area contributed by atoms with E-state index in [2.05, 4.69) is 33.4 Å². The quantitative estimate of drug-likeness (QED) is 0.358. The highest BCUT2D eigenvalue weighted by atomic mass is 16.5. The number of fused-ring (bicyclic) bond motifs is 2. The van der Waals surface area contributed by atoms with Crippen LogP contribution in [-0.4, -0.2) is 31.3 Å². The lowest BCUT2D eigenvalue weighted by atomic mass is 9.96. The van der Waals surface area contributed by atoms with Crippen molar-refractivity contribution in [2.45, 2.75) is 13.0 Å². The Morgan fingerprint density at radius 2 is 1.84 bits per heavy atom. The van der Waals surface area contributed by atoms with Crippen LogP contribution in [0.1, 0.15) is 22.3 Å². The van der Waals surface area contributed by atoms with Crippen LogP contribution in [0.5, 0.6) is 11.5 Å². The first-order chi connectivity index (χ1) is 18.2. The number of H-pyrrole nitrogens is 1. The third-order valence-corrected chi connectivity index (χ3v) is 6.80. The van der Waals surface area contributed by atoms with Crippen LogP contribution >= 0.6 is 0 Å². The van der Waals surface area contributed by atoms with Crippen LogP contribution in [0.4, 0.5) is 11.4 Å². The molecule has 1 saturated heterocycles. The molecule has 0 atom stereocenters. The first-order valence-electron chi connectivity index (χ1n) is 12.4. The Kier molecular flexibility index (Phi) is 6.09. The van der Waals surface area contributed by atoms with E-state index < -0.39 is 0 Å². The minimum absolute atomic E-state index is 0.135. The molecule has 184 valence electrons. The Bertz CT molecular complexity index is 1560. The van der Waals surface area contributed by atoms with Gasteiger partial charge in [0.15, 0.2) is 0 Å². The molecule has 1 fully saturated rings. The molecular formula is C30H26N4O3. The van der Waals surface area contributed by atoms with E-state index in [-0.39, 0.29) is 5.56 Å². The molecule has 2 aliphatic rings. The molecule has 3 heterocycles. The summed E-state index contributed by atoms with van der Waals surface area (Å²) in [6.07, 6.45) is 0.728. The van der Waals surface area contributed by atoms with E-state index in [0.29, 0.717) is 25.3 Å². The lowest BCUT2D eigenvalue weighted by Crippen LogP contribution is -2.36. The van der Waals surface area contributed by atoms with Crippen molar-refractivity contribution in [3.8, 4) is 28.8 Å². The average Bonchev–Trinajstić information content (AvgIpc) is 2.95. The zero-order valence-corrected chi connectivity index (χ0v) is 20.3. The van der Waals surface area contributed by atoms with Gasteiger partial charge in [-0.25, -0.2) is 0 Å². The van der Waals surface area contributed by atoms with Gasteiger partial charge in [-0.15, -0.1) is 0 Å². The average molecular weight is 491 g/mol. The van der Waals surface area contributed by atoms with Crippen LogP contribution < -0.4 is 20.5 Å². The number of para-hydroxylation sites is 1. The van der Waals surface area contributed by atoms with Crippen LogP contribution in [-0.2, 0) is 17.7 Å². The highest BCUT2D eigenvalue weighted by Gasteiger charge is 2.22. The van der Waals surface area contributed by atoms with Crippen molar-refractivity contribution in [1.82, 2.24) is 4.98 Å². The summed E-state index contributed by atoms with van der Waals surface area (Å²) in [5, 5.41) is 12.6. The van der Waals surface area contributed by atoms with Gasteiger partial charge in [-0.1, -0.05) is 24.3 Å². The van der Waals surface area contributed by atoms with E-state index in [4.69, 9.17) is 14.7 Å². The molecule has 0 aliphatic carbocycles. The Balaban J connectivity index is 1.25. The van der Waals surface area contributed by atoms with E-state index in [1.165, 1.54) is 0 Å².